The van der Waals surface area contributed by atoms with E-state index in [0.29, 0.717) is 17.7 Å². The Kier molecular flexibility index (Phi) is 6.86. The van der Waals surface area contributed by atoms with Gasteiger partial charge in [-0.15, -0.1) is 0 Å². The molecular weight excluding hydrogens is 466 g/mol. The lowest BCUT2D eigenvalue weighted by Gasteiger charge is -2.13. The van der Waals surface area contributed by atoms with E-state index in [4.69, 9.17) is 39.1 Å². The molecule has 0 aromatic heterocycles. The molecule has 3 rings (SSSR count). The molecule has 0 unspecified atom stereocenters. The molecule has 0 heterocycles. The molecule has 0 bridgehead atoms. The van der Waals surface area contributed by atoms with Crippen LogP contribution in [0.25, 0.3) is 11.1 Å². The molecule has 10 heteroatoms. The molecule has 6 nitrogen and oxygen atoms in total. The molecule has 0 spiro atoms. The van der Waals surface area contributed by atoms with Crippen molar-refractivity contribution in [3.05, 3.63) is 81.6 Å². The Morgan fingerprint density at radius 3 is 2.39 bits per heavy atom. The third-order valence-corrected chi connectivity index (χ3v) is 6.04. The molecule has 0 aliphatic rings. The highest BCUT2D eigenvalue weighted by molar-refractivity contribution is 7.86. The number of halogens is 3. The Morgan fingerprint density at radius 1 is 1.10 bits per heavy atom. The van der Waals surface area contributed by atoms with Gasteiger partial charge >= 0.3 is 0 Å². The van der Waals surface area contributed by atoms with Crippen LogP contribution in [0.3, 0.4) is 0 Å². The fourth-order valence-electron chi connectivity index (χ4n) is 2.93. The number of amidine groups is 1. The maximum atomic E-state index is 14.5. The third-order valence-electron chi connectivity index (χ3n) is 4.42. The lowest BCUT2D eigenvalue weighted by Crippen LogP contribution is -2.10. The lowest BCUT2D eigenvalue weighted by molar-refractivity contribution is 0.322. The van der Waals surface area contributed by atoms with Crippen LogP contribution in [0.15, 0.2) is 59.5 Å². The zero-order chi connectivity index (χ0) is 22.8. The van der Waals surface area contributed by atoms with E-state index >= 15 is 0 Å². The van der Waals surface area contributed by atoms with Gasteiger partial charge in [0.05, 0.1) is 11.6 Å². The van der Waals surface area contributed by atoms with Crippen molar-refractivity contribution in [2.75, 3.05) is 6.61 Å². The molecule has 0 aliphatic heterocycles. The van der Waals surface area contributed by atoms with Crippen LogP contribution < -0.4 is 10.5 Å². The Hall–Kier alpha value is -2.65. The summed E-state index contributed by atoms with van der Waals surface area (Å²) in [5, 5.41) is 7.17. The standard InChI is InChI=1S/C21H17Cl2FN2O4S/c22-15-9-14(19-17(24)5-6-18(20(19)23)31(27,28)29)10-16(11-15)30-8-7-12-1-3-13(4-2-12)21(25)26/h1-6,9-11H,7-8H2,(H3,25,26)(H,27,28,29). The molecule has 0 amide bonds. The second-order valence-corrected chi connectivity index (χ2v) is 8.80. The number of hydrogen-bond acceptors (Lipinski definition) is 4. The molecule has 3 aromatic carbocycles. The topological polar surface area (TPSA) is 113 Å². The van der Waals surface area contributed by atoms with Gasteiger partial charge in [-0.3, -0.25) is 9.96 Å². The Morgan fingerprint density at radius 2 is 1.77 bits per heavy atom. The predicted molar refractivity (Wildman–Crippen MR) is 118 cm³/mol. The summed E-state index contributed by atoms with van der Waals surface area (Å²) in [5.41, 5.74) is 6.99. The van der Waals surface area contributed by atoms with Gasteiger partial charge in [-0.05, 0) is 41.5 Å². The van der Waals surface area contributed by atoms with Crippen molar-refractivity contribution in [2.24, 2.45) is 5.73 Å². The van der Waals surface area contributed by atoms with Crippen molar-refractivity contribution < 1.29 is 22.1 Å². The molecule has 0 saturated carbocycles. The van der Waals surface area contributed by atoms with Gasteiger partial charge in [-0.1, -0.05) is 47.5 Å². The molecule has 3 aromatic rings. The van der Waals surface area contributed by atoms with Crippen LogP contribution >= 0.6 is 23.2 Å². The van der Waals surface area contributed by atoms with Crippen LogP contribution in [-0.4, -0.2) is 25.4 Å². The second kappa shape index (κ2) is 9.23. The van der Waals surface area contributed by atoms with Gasteiger partial charge in [0, 0.05) is 22.6 Å². The van der Waals surface area contributed by atoms with Gasteiger partial charge in [-0.2, -0.15) is 8.42 Å². The molecule has 4 N–H and O–H groups in total. The zero-order valence-electron chi connectivity index (χ0n) is 15.9. The fraction of sp³-hybridized carbons (Fsp3) is 0.0952. The predicted octanol–water partition coefficient (Wildman–Crippen LogP) is 4.95. The number of hydrogen-bond donors (Lipinski definition) is 3. The largest absolute Gasteiger partial charge is 0.493 e. The Labute approximate surface area is 188 Å². The van der Waals surface area contributed by atoms with Gasteiger partial charge < -0.3 is 10.5 Å². The van der Waals surface area contributed by atoms with Crippen molar-refractivity contribution in [2.45, 2.75) is 11.3 Å². The summed E-state index contributed by atoms with van der Waals surface area (Å²) in [6.45, 7) is 0.278. The van der Waals surface area contributed by atoms with Crippen LogP contribution in [0.2, 0.25) is 10.0 Å². The van der Waals surface area contributed by atoms with E-state index in [1.807, 2.05) is 12.1 Å². The van der Waals surface area contributed by atoms with Crippen molar-refractivity contribution in [1.29, 1.82) is 5.41 Å². The number of ether oxygens (including phenoxy) is 1. The van der Waals surface area contributed by atoms with Gasteiger partial charge in [0.25, 0.3) is 10.1 Å². The molecule has 0 radical (unpaired) electrons. The highest BCUT2D eigenvalue weighted by atomic mass is 35.5. The van der Waals surface area contributed by atoms with Crippen molar-refractivity contribution in [1.82, 2.24) is 0 Å². The number of nitrogens with two attached hydrogens (primary N) is 1. The van der Waals surface area contributed by atoms with E-state index < -0.39 is 25.9 Å². The molecule has 0 saturated heterocycles. The monoisotopic (exact) mass is 482 g/mol. The summed E-state index contributed by atoms with van der Waals surface area (Å²) in [4.78, 5) is -0.609. The van der Waals surface area contributed by atoms with Crippen LogP contribution in [0.1, 0.15) is 11.1 Å². The first-order valence-corrected chi connectivity index (χ1v) is 11.1. The number of nitrogen functional groups attached to an aromatic ring is 1. The third kappa shape index (κ3) is 5.54. The van der Waals surface area contributed by atoms with Gasteiger partial charge in [0.1, 0.15) is 22.3 Å². The Bertz CT molecular complexity index is 1250. The van der Waals surface area contributed by atoms with Crippen molar-refractivity contribution in [3.63, 3.8) is 0 Å². The van der Waals surface area contributed by atoms with E-state index in [1.165, 1.54) is 18.2 Å². The molecule has 31 heavy (non-hydrogen) atoms. The van der Waals surface area contributed by atoms with E-state index in [2.05, 4.69) is 0 Å². The molecule has 0 fully saturated rings. The summed E-state index contributed by atoms with van der Waals surface area (Å²) in [6.07, 6.45) is 0.549. The van der Waals surface area contributed by atoms with E-state index in [1.54, 1.807) is 12.1 Å². The molecular formula is C21H17Cl2FN2O4S. The number of benzene rings is 3. The van der Waals surface area contributed by atoms with E-state index in [0.717, 1.165) is 17.7 Å². The minimum Gasteiger partial charge on any atom is -0.493 e. The van der Waals surface area contributed by atoms with Crippen LogP contribution in [0, 0.1) is 11.2 Å². The van der Waals surface area contributed by atoms with Gasteiger partial charge in [0.2, 0.25) is 0 Å². The first-order valence-electron chi connectivity index (χ1n) is 8.89. The van der Waals surface area contributed by atoms with Crippen LogP contribution in [0.5, 0.6) is 5.75 Å². The van der Waals surface area contributed by atoms with Crippen molar-refractivity contribution >= 4 is 39.2 Å². The molecule has 0 atom stereocenters. The second-order valence-electron chi connectivity index (χ2n) is 6.59. The average molecular weight is 483 g/mol. The first kappa shape index (κ1) is 23.0. The lowest BCUT2D eigenvalue weighted by atomic mass is 10.0. The molecule has 162 valence electrons. The fourth-order valence-corrected chi connectivity index (χ4v) is 4.27. The average Bonchev–Trinajstić information content (AvgIpc) is 2.67. The van der Waals surface area contributed by atoms with Crippen molar-refractivity contribution in [3.8, 4) is 16.9 Å². The van der Waals surface area contributed by atoms with E-state index in [-0.39, 0.29) is 28.6 Å². The molecule has 0 aliphatic carbocycles. The first-order chi connectivity index (χ1) is 14.6. The number of nitrogens with one attached hydrogen (secondary N) is 1. The van der Waals surface area contributed by atoms with Crippen LogP contribution in [0.4, 0.5) is 4.39 Å². The summed E-state index contributed by atoms with van der Waals surface area (Å²) >= 11 is 12.2. The summed E-state index contributed by atoms with van der Waals surface area (Å²) < 4.78 is 52.5. The smallest absolute Gasteiger partial charge is 0.296 e. The summed E-state index contributed by atoms with van der Waals surface area (Å²) in [6, 6.07) is 13.3. The number of rotatable bonds is 7. The van der Waals surface area contributed by atoms with E-state index in [9.17, 15) is 17.4 Å². The minimum atomic E-state index is -4.64. The Balaban J connectivity index is 1.84. The summed E-state index contributed by atoms with van der Waals surface area (Å²) in [7, 11) is -4.64. The minimum absolute atomic E-state index is 0.0155. The maximum absolute atomic E-state index is 14.5. The normalized spacial score (nSPS) is 11.4. The quantitative estimate of drug-likeness (QED) is 0.250. The maximum Gasteiger partial charge on any atom is 0.296 e. The van der Waals surface area contributed by atoms with Crippen LogP contribution in [-0.2, 0) is 16.5 Å². The highest BCUT2D eigenvalue weighted by Gasteiger charge is 2.22. The van der Waals surface area contributed by atoms with Gasteiger partial charge in [-0.25, -0.2) is 4.39 Å². The highest BCUT2D eigenvalue weighted by Crippen LogP contribution is 2.38. The zero-order valence-corrected chi connectivity index (χ0v) is 18.2. The van der Waals surface area contributed by atoms with Gasteiger partial charge in [0.15, 0.2) is 0 Å². The SMILES string of the molecule is N=C(N)c1ccc(CCOc2cc(Cl)cc(-c3c(F)ccc(S(=O)(=O)O)c3Cl)c2)cc1. The summed E-state index contributed by atoms with van der Waals surface area (Å²) in [5.74, 6) is -0.468.